The van der Waals surface area contributed by atoms with Gasteiger partial charge in [-0.25, -0.2) is 4.98 Å². The molecule has 0 bridgehead atoms. The zero-order valence-electron chi connectivity index (χ0n) is 12.5. The lowest BCUT2D eigenvalue weighted by Crippen LogP contribution is -2.41. The Morgan fingerprint density at radius 2 is 2.10 bits per heavy atom. The Labute approximate surface area is 120 Å². The zero-order chi connectivity index (χ0) is 14.0. The number of hydrogen-bond acceptors (Lipinski definition) is 3. The van der Waals surface area contributed by atoms with Gasteiger partial charge in [-0.1, -0.05) is 13.8 Å². The molecule has 1 aliphatic heterocycles. The highest BCUT2D eigenvalue weighted by Gasteiger charge is 2.36. The van der Waals surface area contributed by atoms with Crippen LogP contribution in [0.2, 0.25) is 0 Å². The average Bonchev–Trinajstić information content (AvgIpc) is 2.88. The van der Waals surface area contributed by atoms with Crippen LogP contribution in [0, 0.1) is 0 Å². The van der Waals surface area contributed by atoms with Crippen molar-refractivity contribution >= 4 is 11.0 Å². The van der Waals surface area contributed by atoms with Gasteiger partial charge in [-0.15, -0.1) is 0 Å². The topological polar surface area (TPSA) is 42.7 Å². The molecule has 1 fully saturated rings. The largest absolute Gasteiger partial charge is 0.327 e. The number of aromatic nitrogens is 3. The van der Waals surface area contributed by atoms with Crippen molar-refractivity contribution in [3.05, 3.63) is 24.3 Å². The van der Waals surface area contributed by atoms with Crippen molar-refractivity contribution in [2.24, 2.45) is 0 Å². The Bertz CT molecular complexity index is 581. The molecular weight excluding hydrogens is 248 g/mol. The standard InChI is InChI=1S/C16H24N4/c1-3-11-20-14-5-8-18-12-13(14)19-15(20)16(4-2)6-9-17-10-7-16/h5,8,12,17H,3-4,6-7,9-11H2,1-2H3. The zero-order valence-corrected chi connectivity index (χ0v) is 12.5. The van der Waals surface area contributed by atoms with Crippen molar-refractivity contribution in [3.63, 3.8) is 0 Å². The lowest BCUT2D eigenvalue weighted by atomic mass is 9.76. The Morgan fingerprint density at radius 3 is 2.80 bits per heavy atom. The molecule has 0 atom stereocenters. The van der Waals surface area contributed by atoms with Crippen molar-refractivity contribution in [1.82, 2.24) is 19.9 Å². The quantitative estimate of drug-likeness (QED) is 0.930. The maximum Gasteiger partial charge on any atom is 0.116 e. The summed E-state index contributed by atoms with van der Waals surface area (Å²) in [6, 6.07) is 2.10. The van der Waals surface area contributed by atoms with Gasteiger partial charge in [0, 0.05) is 18.2 Å². The molecule has 108 valence electrons. The molecule has 4 nitrogen and oxygen atoms in total. The molecule has 0 unspecified atom stereocenters. The normalized spacial score (nSPS) is 18.5. The van der Waals surface area contributed by atoms with Crippen molar-refractivity contribution in [1.29, 1.82) is 0 Å². The molecule has 0 spiro atoms. The van der Waals surface area contributed by atoms with Gasteiger partial charge in [-0.2, -0.15) is 0 Å². The number of fused-ring (bicyclic) bond motifs is 1. The van der Waals surface area contributed by atoms with Crippen LogP contribution in [0.25, 0.3) is 11.0 Å². The van der Waals surface area contributed by atoms with Crippen LogP contribution in [0.3, 0.4) is 0 Å². The minimum atomic E-state index is 0.236. The van der Waals surface area contributed by atoms with Gasteiger partial charge in [0.2, 0.25) is 0 Å². The summed E-state index contributed by atoms with van der Waals surface area (Å²) in [6.07, 6.45) is 8.44. The number of imidazole rings is 1. The van der Waals surface area contributed by atoms with Gasteiger partial charge in [0.15, 0.2) is 0 Å². The Hall–Kier alpha value is -1.42. The second kappa shape index (κ2) is 5.52. The van der Waals surface area contributed by atoms with Crippen LogP contribution in [0.5, 0.6) is 0 Å². The first-order chi connectivity index (χ1) is 9.80. The number of hydrogen-bond donors (Lipinski definition) is 1. The van der Waals surface area contributed by atoms with E-state index >= 15 is 0 Å². The lowest BCUT2D eigenvalue weighted by molar-refractivity contribution is 0.274. The predicted molar refractivity (Wildman–Crippen MR) is 81.9 cm³/mol. The maximum absolute atomic E-state index is 4.97. The van der Waals surface area contributed by atoms with E-state index in [4.69, 9.17) is 4.98 Å². The highest BCUT2D eigenvalue weighted by atomic mass is 15.1. The number of nitrogens with one attached hydrogen (secondary N) is 1. The molecule has 20 heavy (non-hydrogen) atoms. The molecule has 4 heteroatoms. The van der Waals surface area contributed by atoms with Gasteiger partial charge >= 0.3 is 0 Å². The molecule has 0 radical (unpaired) electrons. The van der Waals surface area contributed by atoms with Gasteiger partial charge in [0.1, 0.15) is 11.3 Å². The summed E-state index contributed by atoms with van der Waals surface area (Å²) < 4.78 is 2.44. The fourth-order valence-electron chi connectivity index (χ4n) is 3.48. The first kappa shape index (κ1) is 13.6. The van der Waals surface area contributed by atoms with Crippen LogP contribution >= 0.6 is 0 Å². The van der Waals surface area contributed by atoms with Crippen molar-refractivity contribution in [2.75, 3.05) is 13.1 Å². The molecule has 1 aliphatic rings. The lowest BCUT2D eigenvalue weighted by Gasteiger charge is -2.36. The summed E-state index contributed by atoms with van der Waals surface area (Å²) in [6.45, 7) is 7.78. The molecule has 0 aromatic carbocycles. The first-order valence-corrected chi connectivity index (χ1v) is 7.82. The number of nitrogens with zero attached hydrogens (tertiary/aromatic N) is 3. The van der Waals surface area contributed by atoms with E-state index in [0.717, 1.165) is 38.0 Å². The first-order valence-electron chi connectivity index (χ1n) is 7.82. The highest BCUT2D eigenvalue weighted by Crippen LogP contribution is 2.37. The number of aryl methyl sites for hydroxylation is 1. The second-order valence-corrected chi connectivity index (χ2v) is 5.84. The molecule has 3 rings (SSSR count). The second-order valence-electron chi connectivity index (χ2n) is 5.84. The van der Waals surface area contributed by atoms with Gasteiger partial charge in [0.25, 0.3) is 0 Å². The van der Waals surface area contributed by atoms with Gasteiger partial charge in [-0.3, -0.25) is 4.98 Å². The molecule has 2 aromatic rings. The average molecular weight is 272 g/mol. The number of pyridine rings is 1. The fourth-order valence-corrected chi connectivity index (χ4v) is 3.48. The summed E-state index contributed by atoms with van der Waals surface area (Å²) >= 11 is 0. The summed E-state index contributed by atoms with van der Waals surface area (Å²) in [4.78, 5) is 9.20. The summed E-state index contributed by atoms with van der Waals surface area (Å²) in [5.74, 6) is 1.28. The molecule has 0 amide bonds. The molecule has 1 N–H and O–H groups in total. The van der Waals surface area contributed by atoms with Gasteiger partial charge < -0.3 is 9.88 Å². The minimum absolute atomic E-state index is 0.236. The summed E-state index contributed by atoms with van der Waals surface area (Å²) in [5, 5.41) is 3.48. The monoisotopic (exact) mass is 272 g/mol. The third kappa shape index (κ3) is 2.12. The Morgan fingerprint density at radius 1 is 1.30 bits per heavy atom. The number of piperidine rings is 1. The SMILES string of the molecule is CCCn1c(C2(CC)CCNCC2)nc2cnccc21. The van der Waals surface area contributed by atoms with Crippen LogP contribution in [0.4, 0.5) is 0 Å². The molecule has 0 aliphatic carbocycles. The molecule has 1 saturated heterocycles. The number of rotatable bonds is 4. The van der Waals surface area contributed by atoms with Crippen LogP contribution in [0.15, 0.2) is 18.5 Å². The van der Waals surface area contributed by atoms with Crippen LogP contribution in [0.1, 0.15) is 45.4 Å². The van der Waals surface area contributed by atoms with Crippen molar-refractivity contribution in [3.8, 4) is 0 Å². The fraction of sp³-hybridized carbons (Fsp3) is 0.625. The Kier molecular flexibility index (Phi) is 3.74. The van der Waals surface area contributed by atoms with E-state index in [1.165, 1.54) is 24.2 Å². The summed E-state index contributed by atoms with van der Waals surface area (Å²) in [7, 11) is 0. The minimum Gasteiger partial charge on any atom is -0.327 e. The van der Waals surface area contributed by atoms with Crippen LogP contribution < -0.4 is 5.32 Å². The van der Waals surface area contributed by atoms with Crippen molar-refractivity contribution in [2.45, 2.75) is 51.5 Å². The molecule has 3 heterocycles. The van der Waals surface area contributed by atoms with E-state index in [2.05, 4.69) is 34.8 Å². The Balaban J connectivity index is 2.15. The smallest absolute Gasteiger partial charge is 0.116 e. The maximum atomic E-state index is 4.97. The van der Waals surface area contributed by atoms with E-state index in [-0.39, 0.29) is 5.41 Å². The van der Waals surface area contributed by atoms with Crippen LogP contribution in [-0.4, -0.2) is 27.6 Å². The molecule has 2 aromatic heterocycles. The highest BCUT2D eigenvalue weighted by molar-refractivity contribution is 5.75. The van der Waals surface area contributed by atoms with E-state index in [1.54, 1.807) is 0 Å². The van der Waals surface area contributed by atoms with E-state index in [0.29, 0.717) is 0 Å². The third-order valence-electron chi connectivity index (χ3n) is 4.71. The molecule has 0 saturated carbocycles. The van der Waals surface area contributed by atoms with E-state index in [9.17, 15) is 0 Å². The van der Waals surface area contributed by atoms with Crippen LogP contribution in [-0.2, 0) is 12.0 Å². The molecular formula is C16H24N4. The third-order valence-corrected chi connectivity index (χ3v) is 4.71. The van der Waals surface area contributed by atoms with Gasteiger partial charge in [-0.05, 0) is 44.8 Å². The van der Waals surface area contributed by atoms with E-state index in [1.807, 2.05) is 12.4 Å². The van der Waals surface area contributed by atoms with Crippen molar-refractivity contribution < 1.29 is 0 Å². The van der Waals surface area contributed by atoms with E-state index < -0.39 is 0 Å². The van der Waals surface area contributed by atoms with Gasteiger partial charge in [0.05, 0.1) is 11.7 Å². The predicted octanol–water partition coefficient (Wildman–Crippen LogP) is 2.87. The summed E-state index contributed by atoms with van der Waals surface area (Å²) in [5.41, 5.74) is 2.52.